The molecule has 2 unspecified atom stereocenters. The third-order valence-corrected chi connectivity index (χ3v) is 7.36. The van der Waals surface area contributed by atoms with E-state index in [2.05, 4.69) is 5.32 Å². The second-order valence-electron chi connectivity index (χ2n) is 5.72. The Morgan fingerprint density at radius 2 is 2.00 bits per heavy atom. The van der Waals surface area contributed by atoms with E-state index in [1.54, 1.807) is 11.8 Å². The molecule has 1 saturated heterocycles. The van der Waals surface area contributed by atoms with Crippen molar-refractivity contribution >= 4 is 35.4 Å². The zero-order chi connectivity index (χ0) is 13.4. The number of nitrogens with one attached hydrogen (secondary N) is 1. The average molecular weight is 301 g/mol. The van der Waals surface area contributed by atoms with Gasteiger partial charge in [0.05, 0.1) is 11.2 Å². The van der Waals surface area contributed by atoms with Crippen LogP contribution in [0.1, 0.15) is 19.3 Å². The highest BCUT2D eigenvalue weighted by Crippen LogP contribution is 2.49. The Labute approximate surface area is 121 Å². The molecule has 3 aliphatic rings. The van der Waals surface area contributed by atoms with Crippen LogP contribution in [-0.2, 0) is 9.59 Å². The van der Waals surface area contributed by atoms with Gasteiger partial charge in [-0.2, -0.15) is 11.8 Å². The number of rotatable bonds is 3. The number of hydrogen-bond donors (Lipinski definition) is 2. The number of hydrogen-bond acceptors (Lipinski definition) is 4. The van der Waals surface area contributed by atoms with Gasteiger partial charge in [-0.1, -0.05) is 0 Å². The molecular weight excluding hydrogens is 282 g/mol. The summed E-state index contributed by atoms with van der Waals surface area (Å²) in [4.78, 5) is 23.1. The third-order valence-electron chi connectivity index (χ3n) is 4.61. The van der Waals surface area contributed by atoms with E-state index in [0.29, 0.717) is 11.8 Å². The van der Waals surface area contributed by atoms with Crippen LogP contribution in [0.4, 0.5) is 0 Å². The lowest BCUT2D eigenvalue weighted by atomic mass is 9.71. The third kappa shape index (κ3) is 2.75. The van der Waals surface area contributed by atoms with Crippen molar-refractivity contribution < 1.29 is 14.7 Å². The quantitative estimate of drug-likeness (QED) is 0.826. The zero-order valence-electron chi connectivity index (χ0n) is 10.7. The number of carboxylic acids is 1. The normalized spacial score (nSPS) is 41.2. The van der Waals surface area contributed by atoms with Crippen LogP contribution in [0, 0.1) is 17.8 Å². The van der Waals surface area contributed by atoms with E-state index in [4.69, 9.17) is 5.11 Å². The molecule has 0 radical (unpaired) electrons. The number of carboxylic acid groups (broad SMARTS) is 1. The second-order valence-corrected chi connectivity index (χ2v) is 8.18. The van der Waals surface area contributed by atoms with E-state index in [-0.39, 0.29) is 23.1 Å². The molecule has 0 bridgehead atoms. The summed E-state index contributed by atoms with van der Waals surface area (Å²) < 4.78 is 0. The van der Waals surface area contributed by atoms with Gasteiger partial charge < -0.3 is 10.4 Å². The number of carbonyl (C=O) groups is 2. The Kier molecular flexibility index (Phi) is 3.98. The highest BCUT2D eigenvalue weighted by molar-refractivity contribution is 8.07. The van der Waals surface area contributed by atoms with Crippen LogP contribution in [0.3, 0.4) is 0 Å². The Morgan fingerprint density at radius 3 is 2.68 bits per heavy atom. The maximum Gasteiger partial charge on any atom is 0.306 e. The van der Waals surface area contributed by atoms with E-state index >= 15 is 0 Å². The van der Waals surface area contributed by atoms with Crippen molar-refractivity contribution in [1.29, 1.82) is 0 Å². The number of aliphatic carboxylic acids is 1. The minimum atomic E-state index is -0.668. The minimum Gasteiger partial charge on any atom is -0.481 e. The molecule has 3 fully saturated rings. The molecule has 0 aromatic heterocycles. The second kappa shape index (κ2) is 5.56. The lowest BCUT2D eigenvalue weighted by molar-refractivity contribution is -0.141. The highest BCUT2D eigenvalue weighted by atomic mass is 32.2. The minimum absolute atomic E-state index is 0.0921. The fourth-order valence-electron chi connectivity index (χ4n) is 3.51. The van der Waals surface area contributed by atoms with E-state index in [0.717, 1.165) is 36.5 Å². The summed E-state index contributed by atoms with van der Waals surface area (Å²) in [5, 5.41) is 12.3. The zero-order valence-corrected chi connectivity index (χ0v) is 12.3. The fraction of sp³-hybridized carbons (Fsp3) is 0.846. The van der Waals surface area contributed by atoms with Crippen molar-refractivity contribution in [3.8, 4) is 0 Å². The molecule has 1 heterocycles. The number of amides is 1. The predicted molar refractivity (Wildman–Crippen MR) is 77.5 cm³/mol. The van der Waals surface area contributed by atoms with Crippen LogP contribution >= 0.6 is 23.5 Å². The molecule has 2 aliphatic carbocycles. The summed E-state index contributed by atoms with van der Waals surface area (Å²) in [7, 11) is 0. The first-order chi connectivity index (χ1) is 9.15. The summed E-state index contributed by atoms with van der Waals surface area (Å²) in [6, 6.07) is 0.231. The average Bonchev–Trinajstić information content (AvgIpc) is 2.74. The highest BCUT2D eigenvalue weighted by Gasteiger charge is 2.50. The lowest BCUT2D eigenvalue weighted by Crippen LogP contribution is -2.53. The molecule has 2 N–H and O–H groups in total. The molecule has 0 spiro atoms. The van der Waals surface area contributed by atoms with Gasteiger partial charge in [-0.3, -0.25) is 9.59 Å². The Hall–Kier alpha value is -0.360. The van der Waals surface area contributed by atoms with Gasteiger partial charge in [0.1, 0.15) is 0 Å². The van der Waals surface area contributed by atoms with Gasteiger partial charge in [0.2, 0.25) is 5.91 Å². The van der Waals surface area contributed by atoms with Crippen molar-refractivity contribution in [1.82, 2.24) is 5.32 Å². The molecule has 19 heavy (non-hydrogen) atoms. The number of fused-ring (bicyclic) bond motifs is 1. The smallest absolute Gasteiger partial charge is 0.306 e. The first-order valence-corrected chi connectivity index (χ1v) is 9.08. The van der Waals surface area contributed by atoms with Crippen LogP contribution in [0.2, 0.25) is 0 Å². The van der Waals surface area contributed by atoms with Crippen LogP contribution in [-0.4, -0.2) is 45.5 Å². The SMILES string of the molecule is O=C(O)C1C[C@@H]2C[C@@H](NC(=O)C3CSCCS3)[C@@H]2C1. The largest absolute Gasteiger partial charge is 0.481 e. The Balaban J connectivity index is 1.49. The van der Waals surface area contributed by atoms with Gasteiger partial charge in [-0.05, 0) is 31.1 Å². The Morgan fingerprint density at radius 1 is 1.16 bits per heavy atom. The summed E-state index contributed by atoms with van der Waals surface area (Å²) in [6.45, 7) is 0. The molecular formula is C13H19NO3S2. The van der Waals surface area contributed by atoms with Crippen molar-refractivity contribution in [2.24, 2.45) is 17.8 Å². The fourth-order valence-corrected chi connectivity index (χ4v) is 6.07. The van der Waals surface area contributed by atoms with Gasteiger partial charge in [0.15, 0.2) is 0 Å². The lowest BCUT2D eigenvalue weighted by Gasteiger charge is -2.41. The predicted octanol–water partition coefficient (Wildman–Crippen LogP) is 1.45. The number of thioether (sulfide) groups is 2. The van der Waals surface area contributed by atoms with Crippen LogP contribution in [0.25, 0.3) is 0 Å². The maximum absolute atomic E-state index is 12.1. The van der Waals surface area contributed by atoms with Crippen LogP contribution < -0.4 is 5.32 Å². The molecule has 106 valence electrons. The summed E-state index contributed by atoms with van der Waals surface area (Å²) in [5.74, 6) is 3.36. The van der Waals surface area contributed by atoms with Gasteiger partial charge in [0, 0.05) is 23.3 Å². The van der Waals surface area contributed by atoms with Gasteiger partial charge in [-0.15, -0.1) is 11.8 Å². The van der Waals surface area contributed by atoms with Crippen molar-refractivity contribution in [3.63, 3.8) is 0 Å². The number of carbonyl (C=O) groups excluding carboxylic acids is 1. The maximum atomic E-state index is 12.1. The van der Waals surface area contributed by atoms with Crippen LogP contribution in [0.15, 0.2) is 0 Å². The molecule has 4 nitrogen and oxygen atoms in total. The van der Waals surface area contributed by atoms with E-state index < -0.39 is 5.97 Å². The van der Waals surface area contributed by atoms with E-state index in [1.807, 2.05) is 11.8 Å². The monoisotopic (exact) mass is 301 g/mol. The van der Waals surface area contributed by atoms with Crippen molar-refractivity contribution in [2.75, 3.05) is 17.3 Å². The molecule has 6 heteroatoms. The molecule has 0 aromatic carbocycles. The summed E-state index contributed by atoms with van der Waals surface area (Å²) in [6.07, 6.45) is 2.53. The summed E-state index contributed by atoms with van der Waals surface area (Å²) in [5.41, 5.74) is 0. The van der Waals surface area contributed by atoms with Crippen molar-refractivity contribution in [2.45, 2.75) is 30.6 Å². The molecule has 1 amide bonds. The topological polar surface area (TPSA) is 66.4 Å². The van der Waals surface area contributed by atoms with Crippen molar-refractivity contribution in [3.05, 3.63) is 0 Å². The van der Waals surface area contributed by atoms with E-state index in [1.165, 1.54) is 0 Å². The van der Waals surface area contributed by atoms with Gasteiger partial charge in [0.25, 0.3) is 0 Å². The molecule has 5 atom stereocenters. The molecule has 3 rings (SSSR count). The molecule has 2 saturated carbocycles. The molecule has 0 aromatic rings. The standard InChI is InChI=1S/C13H19NO3S2/c15-12(11-6-18-1-2-19-11)14-10-5-7-3-8(13(16)17)4-9(7)10/h7-11H,1-6H2,(H,14,15)(H,16,17)/t7-,8?,9-,10-,11?/m1/s1. The first kappa shape index (κ1) is 13.6. The van der Waals surface area contributed by atoms with Crippen LogP contribution in [0.5, 0.6) is 0 Å². The summed E-state index contributed by atoms with van der Waals surface area (Å²) >= 11 is 3.60. The van der Waals surface area contributed by atoms with Gasteiger partial charge in [-0.25, -0.2) is 0 Å². The first-order valence-electron chi connectivity index (χ1n) is 6.87. The molecule has 1 aliphatic heterocycles. The van der Waals surface area contributed by atoms with Gasteiger partial charge >= 0.3 is 5.97 Å². The van der Waals surface area contributed by atoms with E-state index in [9.17, 15) is 9.59 Å². The Bertz CT molecular complexity index is 384.